The number of imide groups is 1. The summed E-state index contributed by atoms with van der Waals surface area (Å²) in [6, 6.07) is 4.57. The van der Waals surface area contributed by atoms with Gasteiger partial charge in [-0.1, -0.05) is 18.5 Å². The molecule has 0 bridgehead atoms. The summed E-state index contributed by atoms with van der Waals surface area (Å²) in [4.78, 5) is 23.5. The van der Waals surface area contributed by atoms with Crippen LogP contribution in [0.3, 0.4) is 0 Å². The molecular formula is C12H16ClN3O2S. The zero-order valence-electron chi connectivity index (χ0n) is 10.5. The molecule has 0 heterocycles. The lowest BCUT2D eigenvalue weighted by atomic mass is 10.3. The second-order valence-electron chi connectivity index (χ2n) is 3.78. The van der Waals surface area contributed by atoms with Crippen molar-refractivity contribution < 1.29 is 9.59 Å². The number of benzene rings is 1. The number of carbonyl (C=O) groups excluding carboxylic acids is 2. The maximum Gasteiger partial charge on any atom is 0.321 e. The molecule has 7 heteroatoms. The minimum absolute atomic E-state index is 0.0999. The Morgan fingerprint density at radius 1 is 1.42 bits per heavy atom. The van der Waals surface area contributed by atoms with E-state index in [0.717, 1.165) is 6.42 Å². The van der Waals surface area contributed by atoms with Crippen molar-refractivity contribution >= 4 is 41.0 Å². The maximum atomic E-state index is 11.5. The fraction of sp³-hybridized carbons (Fsp3) is 0.333. The molecule has 0 aliphatic heterocycles. The van der Waals surface area contributed by atoms with Crippen molar-refractivity contribution in [3.05, 3.63) is 23.2 Å². The van der Waals surface area contributed by atoms with E-state index in [9.17, 15) is 9.59 Å². The van der Waals surface area contributed by atoms with Gasteiger partial charge in [-0.05, 0) is 24.6 Å². The number of amides is 3. The van der Waals surface area contributed by atoms with E-state index in [1.807, 2.05) is 6.92 Å². The predicted octanol–water partition coefficient (Wildman–Crippen LogP) is 2.25. The van der Waals surface area contributed by atoms with Gasteiger partial charge in [-0.3, -0.25) is 10.1 Å². The second kappa shape index (κ2) is 7.91. The summed E-state index contributed by atoms with van der Waals surface area (Å²) in [5.41, 5.74) is 6.21. The van der Waals surface area contributed by atoms with Crippen LogP contribution in [0.15, 0.2) is 23.1 Å². The highest BCUT2D eigenvalue weighted by Gasteiger charge is 2.09. The molecule has 4 N–H and O–H groups in total. The molecule has 5 nitrogen and oxygen atoms in total. The van der Waals surface area contributed by atoms with Crippen molar-refractivity contribution in [1.29, 1.82) is 0 Å². The number of urea groups is 1. The average molecular weight is 302 g/mol. The number of anilines is 1. The van der Waals surface area contributed by atoms with Gasteiger partial charge in [0, 0.05) is 17.1 Å². The molecule has 0 saturated carbocycles. The highest BCUT2D eigenvalue weighted by molar-refractivity contribution is 8.00. The third-order valence-corrected chi connectivity index (χ3v) is 3.60. The Morgan fingerprint density at radius 2 is 2.16 bits per heavy atom. The summed E-state index contributed by atoms with van der Waals surface area (Å²) in [5, 5.41) is 5.32. The second-order valence-corrected chi connectivity index (χ2v) is 5.21. The van der Waals surface area contributed by atoms with Crippen LogP contribution in [0.5, 0.6) is 0 Å². The summed E-state index contributed by atoms with van der Waals surface area (Å²) in [7, 11) is 0. The average Bonchev–Trinajstić information content (AvgIpc) is 2.37. The number of halogens is 1. The summed E-state index contributed by atoms with van der Waals surface area (Å²) in [5.74, 6) is -0.278. The Labute approximate surface area is 121 Å². The first-order chi connectivity index (χ1) is 9.02. The minimum Gasteiger partial charge on any atom is -0.399 e. The third-order valence-electron chi connectivity index (χ3n) is 2.10. The molecule has 1 rings (SSSR count). The minimum atomic E-state index is -0.480. The molecule has 0 unspecified atom stereocenters. The molecule has 0 aliphatic carbocycles. The van der Waals surface area contributed by atoms with Crippen LogP contribution < -0.4 is 16.4 Å². The molecule has 1 aromatic rings. The number of carbonyl (C=O) groups is 2. The van der Waals surface area contributed by atoms with Crippen LogP contribution in [0, 0.1) is 0 Å². The number of nitrogens with one attached hydrogen (secondary N) is 2. The fourth-order valence-electron chi connectivity index (χ4n) is 1.22. The summed E-state index contributed by atoms with van der Waals surface area (Å²) >= 11 is 7.20. The van der Waals surface area contributed by atoms with Gasteiger partial charge >= 0.3 is 6.03 Å². The van der Waals surface area contributed by atoms with Gasteiger partial charge in [-0.25, -0.2) is 4.79 Å². The fourth-order valence-corrected chi connectivity index (χ4v) is 2.28. The quantitative estimate of drug-likeness (QED) is 0.575. The first kappa shape index (κ1) is 15.7. The van der Waals surface area contributed by atoms with Crippen molar-refractivity contribution in [3.63, 3.8) is 0 Å². The normalized spacial score (nSPS) is 10.0. The molecule has 0 radical (unpaired) electrons. The van der Waals surface area contributed by atoms with Gasteiger partial charge in [0.25, 0.3) is 0 Å². The largest absolute Gasteiger partial charge is 0.399 e. The first-order valence-corrected chi connectivity index (χ1v) is 7.14. The summed E-state index contributed by atoms with van der Waals surface area (Å²) in [6.07, 6.45) is 0.815. The SMILES string of the molecule is CCCNC(=O)NC(=O)CSc1cc(N)ccc1Cl. The van der Waals surface area contributed by atoms with Crippen LogP contribution >= 0.6 is 23.4 Å². The predicted molar refractivity (Wildman–Crippen MR) is 78.4 cm³/mol. The van der Waals surface area contributed by atoms with Gasteiger partial charge in [0.05, 0.1) is 10.8 Å². The van der Waals surface area contributed by atoms with Crippen LogP contribution in [-0.4, -0.2) is 24.2 Å². The van der Waals surface area contributed by atoms with Crippen LogP contribution in [0.25, 0.3) is 0 Å². The molecule has 0 saturated heterocycles. The Kier molecular flexibility index (Phi) is 6.52. The lowest BCUT2D eigenvalue weighted by Crippen LogP contribution is -2.40. The number of thioether (sulfide) groups is 1. The standard InChI is InChI=1S/C12H16ClN3O2S/c1-2-5-15-12(18)16-11(17)7-19-10-6-8(14)3-4-9(10)13/h3-4,6H,2,5,7,14H2,1H3,(H2,15,16,17,18). The Hall–Kier alpha value is -1.40. The number of nitrogens with two attached hydrogens (primary N) is 1. The van der Waals surface area contributed by atoms with Gasteiger partial charge in [-0.15, -0.1) is 11.8 Å². The molecule has 0 aliphatic rings. The monoisotopic (exact) mass is 301 g/mol. The molecule has 104 valence electrons. The van der Waals surface area contributed by atoms with E-state index in [1.165, 1.54) is 11.8 Å². The smallest absolute Gasteiger partial charge is 0.321 e. The third kappa shape index (κ3) is 5.85. The van der Waals surface area contributed by atoms with Crippen LogP contribution in [0.2, 0.25) is 5.02 Å². The molecule has 1 aromatic carbocycles. The number of hydrogen-bond acceptors (Lipinski definition) is 4. The topological polar surface area (TPSA) is 84.2 Å². The highest BCUT2D eigenvalue weighted by atomic mass is 35.5. The molecule has 19 heavy (non-hydrogen) atoms. The van der Waals surface area contributed by atoms with Crippen molar-refractivity contribution in [2.75, 3.05) is 18.0 Å². The number of hydrogen-bond donors (Lipinski definition) is 3. The molecule has 0 aromatic heterocycles. The van der Waals surface area contributed by atoms with Crippen LogP contribution in [0.4, 0.5) is 10.5 Å². The molecular weight excluding hydrogens is 286 g/mol. The van der Waals surface area contributed by atoms with Gasteiger partial charge in [0.1, 0.15) is 0 Å². The highest BCUT2D eigenvalue weighted by Crippen LogP contribution is 2.28. The summed E-state index contributed by atoms with van der Waals surface area (Å²) in [6.45, 7) is 2.47. The zero-order valence-corrected chi connectivity index (χ0v) is 12.1. The van der Waals surface area contributed by atoms with Crippen LogP contribution in [-0.2, 0) is 4.79 Å². The lowest BCUT2D eigenvalue weighted by molar-refractivity contribution is -0.117. The van der Waals surface area contributed by atoms with Crippen molar-refractivity contribution in [1.82, 2.24) is 10.6 Å². The van der Waals surface area contributed by atoms with E-state index < -0.39 is 6.03 Å². The van der Waals surface area contributed by atoms with E-state index in [0.29, 0.717) is 22.2 Å². The molecule has 0 fully saturated rings. The van der Waals surface area contributed by atoms with E-state index in [2.05, 4.69) is 10.6 Å². The summed E-state index contributed by atoms with van der Waals surface area (Å²) < 4.78 is 0. The maximum absolute atomic E-state index is 11.5. The Bertz CT molecular complexity index is 468. The molecule has 0 atom stereocenters. The van der Waals surface area contributed by atoms with E-state index in [1.54, 1.807) is 18.2 Å². The van der Waals surface area contributed by atoms with E-state index in [4.69, 9.17) is 17.3 Å². The van der Waals surface area contributed by atoms with Gasteiger partial charge in [-0.2, -0.15) is 0 Å². The van der Waals surface area contributed by atoms with Gasteiger partial charge in [0.15, 0.2) is 0 Å². The Morgan fingerprint density at radius 3 is 2.84 bits per heavy atom. The molecule has 0 spiro atoms. The van der Waals surface area contributed by atoms with Gasteiger partial charge in [0.2, 0.25) is 5.91 Å². The van der Waals surface area contributed by atoms with Crippen molar-refractivity contribution in [2.24, 2.45) is 0 Å². The van der Waals surface area contributed by atoms with E-state index >= 15 is 0 Å². The number of rotatable bonds is 5. The zero-order chi connectivity index (χ0) is 14.3. The number of nitrogen functional groups attached to an aromatic ring is 1. The Balaban J connectivity index is 2.41. The lowest BCUT2D eigenvalue weighted by Gasteiger charge is -2.07. The van der Waals surface area contributed by atoms with Crippen LogP contribution in [0.1, 0.15) is 13.3 Å². The van der Waals surface area contributed by atoms with Crippen molar-refractivity contribution in [3.8, 4) is 0 Å². The van der Waals surface area contributed by atoms with Crippen molar-refractivity contribution in [2.45, 2.75) is 18.2 Å². The molecule has 3 amide bonds. The van der Waals surface area contributed by atoms with E-state index in [-0.39, 0.29) is 11.7 Å². The van der Waals surface area contributed by atoms with Gasteiger partial charge < -0.3 is 11.1 Å². The first-order valence-electron chi connectivity index (χ1n) is 5.78.